The van der Waals surface area contributed by atoms with Gasteiger partial charge in [0.15, 0.2) is 11.6 Å². The Labute approximate surface area is 158 Å². The lowest BCUT2D eigenvalue weighted by Gasteiger charge is -2.35. The van der Waals surface area contributed by atoms with Crippen LogP contribution in [-0.2, 0) is 6.42 Å². The molecule has 1 fully saturated rings. The zero-order valence-electron chi connectivity index (χ0n) is 15.6. The number of rotatable bonds is 6. The molecule has 0 atom stereocenters. The molecule has 1 aromatic carbocycles. The summed E-state index contributed by atoms with van der Waals surface area (Å²) >= 11 is 0. The van der Waals surface area contributed by atoms with Crippen LogP contribution in [0.5, 0.6) is 5.75 Å². The van der Waals surface area contributed by atoms with E-state index in [1.165, 1.54) is 11.6 Å². The average molecular weight is 368 g/mol. The van der Waals surface area contributed by atoms with Crippen LogP contribution in [0, 0.1) is 5.82 Å². The molecule has 1 aliphatic heterocycles. The van der Waals surface area contributed by atoms with Gasteiger partial charge in [0.1, 0.15) is 5.82 Å². The molecule has 0 aliphatic carbocycles. The predicted octanol–water partition coefficient (Wildman–Crippen LogP) is 3.47. The fourth-order valence-corrected chi connectivity index (χ4v) is 3.81. The summed E-state index contributed by atoms with van der Waals surface area (Å²) in [5, 5.41) is 1.00. The van der Waals surface area contributed by atoms with Gasteiger partial charge in [-0.3, -0.25) is 4.90 Å². The third-order valence-electron chi connectivity index (χ3n) is 5.29. The maximum atomic E-state index is 13.5. The van der Waals surface area contributed by atoms with E-state index in [1.54, 1.807) is 19.2 Å². The van der Waals surface area contributed by atoms with Crippen LogP contribution >= 0.6 is 0 Å². The normalized spacial score (nSPS) is 15.4. The number of hydrogen-bond acceptors (Lipinski definition) is 4. The highest BCUT2D eigenvalue weighted by Gasteiger charge is 2.20. The second-order valence-electron chi connectivity index (χ2n) is 6.97. The van der Waals surface area contributed by atoms with Gasteiger partial charge in [-0.25, -0.2) is 9.37 Å². The number of piperazine rings is 1. The number of H-pyrrole nitrogens is 1. The van der Waals surface area contributed by atoms with Crippen LogP contribution in [0.1, 0.15) is 12.0 Å². The largest absolute Gasteiger partial charge is 0.493 e. The quantitative estimate of drug-likeness (QED) is 0.724. The number of aromatic amines is 1. The molecule has 2 aromatic heterocycles. The van der Waals surface area contributed by atoms with Crippen LogP contribution in [0.25, 0.3) is 10.9 Å². The number of pyridine rings is 1. The number of aromatic nitrogens is 2. The van der Waals surface area contributed by atoms with Gasteiger partial charge in [0, 0.05) is 49.5 Å². The lowest BCUT2D eigenvalue weighted by molar-refractivity contribution is 0.253. The van der Waals surface area contributed by atoms with Gasteiger partial charge in [0.05, 0.1) is 7.11 Å². The maximum Gasteiger partial charge on any atom is 0.171 e. The number of nitrogens with zero attached hydrogens (tertiary/aromatic N) is 3. The molecule has 0 radical (unpaired) electrons. The zero-order chi connectivity index (χ0) is 18.6. The number of aryl methyl sites for hydroxylation is 1. The molecule has 1 N–H and O–H groups in total. The van der Waals surface area contributed by atoms with Crippen molar-refractivity contribution < 1.29 is 9.13 Å². The lowest BCUT2D eigenvalue weighted by atomic mass is 10.1. The summed E-state index contributed by atoms with van der Waals surface area (Å²) in [4.78, 5) is 12.5. The standard InChI is InChI=1S/C21H25FN4O/c1-27-20-5-2-8-23-21(20)26-12-10-25(11-13-26)9-3-4-16-15-24-19-7-6-17(22)14-18(16)19/h2,5-8,14-15,24H,3-4,9-13H2,1H3. The topological polar surface area (TPSA) is 44.4 Å². The third kappa shape index (κ3) is 3.90. The van der Waals surface area contributed by atoms with Gasteiger partial charge in [0.25, 0.3) is 0 Å². The van der Waals surface area contributed by atoms with E-state index in [2.05, 4.69) is 19.8 Å². The molecule has 0 bridgehead atoms. The van der Waals surface area contributed by atoms with Crippen LogP contribution in [0.2, 0.25) is 0 Å². The first-order valence-corrected chi connectivity index (χ1v) is 9.46. The first-order valence-electron chi connectivity index (χ1n) is 9.46. The monoisotopic (exact) mass is 368 g/mol. The molecule has 0 unspecified atom stereocenters. The molecule has 0 saturated carbocycles. The minimum atomic E-state index is -0.176. The first-order chi connectivity index (χ1) is 13.2. The van der Waals surface area contributed by atoms with Crippen LogP contribution in [0.3, 0.4) is 0 Å². The van der Waals surface area contributed by atoms with E-state index in [1.807, 2.05) is 24.5 Å². The van der Waals surface area contributed by atoms with Crippen molar-refractivity contribution in [2.75, 3.05) is 44.7 Å². The number of methoxy groups -OCH3 is 1. The molecule has 0 amide bonds. The first kappa shape index (κ1) is 17.8. The van der Waals surface area contributed by atoms with Crippen molar-refractivity contribution in [1.29, 1.82) is 0 Å². The Kier molecular flexibility index (Phi) is 5.25. The summed E-state index contributed by atoms with van der Waals surface area (Å²) in [7, 11) is 1.69. The van der Waals surface area contributed by atoms with Crippen molar-refractivity contribution in [3.8, 4) is 5.75 Å². The molecule has 0 spiro atoms. The number of ether oxygens (including phenoxy) is 1. The third-order valence-corrected chi connectivity index (χ3v) is 5.29. The Morgan fingerprint density at radius 1 is 1.19 bits per heavy atom. The smallest absolute Gasteiger partial charge is 0.171 e. The molecular formula is C21H25FN4O. The van der Waals surface area contributed by atoms with Gasteiger partial charge in [-0.05, 0) is 55.3 Å². The van der Waals surface area contributed by atoms with Gasteiger partial charge in [-0.2, -0.15) is 0 Å². The summed E-state index contributed by atoms with van der Waals surface area (Å²) in [5.41, 5.74) is 2.20. The van der Waals surface area contributed by atoms with E-state index in [9.17, 15) is 4.39 Å². The molecule has 142 valence electrons. The van der Waals surface area contributed by atoms with Crippen molar-refractivity contribution in [3.05, 3.63) is 54.1 Å². The van der Waals surface area contributed by atoms with E-state index in [4.69, 9.17) is 4.74 Å². The molecule has 3 aromatic rings. The second-order valence-corrected chi connectivity index (χ2v) is 6.97. The van der Waals surface area contributed by atoms with Gasteiger partial charge in [-0.1, -0.05) is 0 Å². The van der Waals surface area contributed by atoms with Crippen LogP contribution in [0.15, 0.2) is 42.7 Å². The molecule has 5 nitrogen and oxygen atoms in total. The number of benzene rings is 1. The minimum Gasteiger partial charge on any atom is -0.493 e. The highest BCUT2D eigenvalue weighted by molar-refractivity contribution is 5.83. The molecule has 1 aliphatic rings. The SMILES string of the molecule is COc1cccnc1N1CCN(CCCc2c[nH]c3ccc(F)cc23)CC1. The zero-order valence-corrected chi connectivity index (χ0v) is 15.6. The number of halogens is 1. The Morgan fingerprint density at radius 3 is 2.85 bits per heavy atom. The summed E-state index contributed by atoms with van der Waals surface area (Å²) in [5.74, 6) is 1.59. The molecule has 6 heteroatoms. The molecule has 3 heterocycles. The van der Waals surface area contributed by atoms with Gasteiger partial charge in [-0.15, -0.1) is 0 Å². The summed E-state index contributed by atoms with van der Waals surface area (Å²) in [6.45, 7) is 4.98. The number of hydrogen-bond donors (Lipinski definition) is 1. The minimum absolute atomic E-state index is 0.176. The highest BCUT2D eigenvalue weighted by Crippen LogP contribution is 2.26. The van der Waals surface area contributed by atoms with Gasteiger partial charge < -0.3 is 14.6 Å². The van der Waals surface area contributed by atoms with Crippen LogP contribution < -0.4 is 9.64 Å². The Balaban J connectivity index is 1.29. The van der Waals surface area contributed by atoms with Gasteiger partial charge >= 0.3 is 0 Å². The van der Waals surface area contributed by atoms with Crippen LogP contribution in [-0.4, -0.2) is 54.7 Å². The van der Waals surface area contributed by atoms with Gasteiger partial charge in [0.2, 0.25) is 0 Å². The van der Waals surface area contributed by atoms with Crippen LogP contribution in [0.4, 0.5) is 10.2 Å². The molecule has 27 heavy (non-hydrogen) atoms. The Morgan fingerprint density at radius 2 is 2.04 bits per heavy atom. The fraction of sp³-hybridized carbons (Fsp3) is 0.381. The van der Waals surface area contributed by atoms with E-state index in [-0.39, 0.29) is 5.82 Å². The number of fused-ring (bicyclic) bond motifs is 1. The Hall–Kier alpha value is -2.60. The van der Waals surface area contributed by atoms with Crippen molar-refractivity contribution >= 4 is 16.7 Å². The van der Waals surface area contributed by atoms with Crippen molar-refractivity contribution in [1.82, 2.24) is 14.9 Å². The highest BCUT2D eigenvalue weighted by atomic mass is 19.1. The summed E-state index contributed by atoms with van der Waals surface area (Å²) in [6.07, 6.45) is 5.85. The maximum absolute atomic E-state index is 13.5. The van der Waals surface area contributed by atoms with Crippen molar-refractivity contribution in [3.63, 3.8) is 0 Å². The number of anilines is 1. The number of nitrogens with one attached hydrogen (secondary N) is 1. The van der Waals surface area contributed by atoms with Crippen molar-refractivity contribution in [2.45, 2.75) is 12.8 Å². The average Bonchev–Trinajstić information content (AvgIpc) is 3.10. The Bertz CT molecular complexity index is 902. The van der Waals surface area contributed by atoms with E-state index >= 15 is 0 Å². The molecule has 1 saturated heterocycles. The molecule has 4 rings (SSSR count). The van der Waals surface area contributed by atoms with E-state index in [0.29, 0.717) is 0 Å². The fourth-order valence-electron chi connectivity index (χ4n) is 3.81. The second kappa shape index (κ2) is 7.96. The lowest BCUT2D eigenvalue weighted by Crippen LogP contribution is -2.47. The summed E-state index contributed by atoms with van der Waals surface area (Å²) < 4.78 is 18.9. The summed E-state index contributed by atoms with van der Waals surface area (Å²) in [6, 6.07) is 8.78. The van der Waals surface area contributed by atoms with Crippen molar-refractivity contribution in [2.24, 2.45) is 0 Å². The van der Waals surface area contributed by atoms with E-state index in [0.717, 1.165) is 68.0 Å². The van der Waals surface area contributed by atoms with E-state index < -0.39 is 0 Å². The molecular weight excluding hydrogens is 343 g/mol. The predicted molar refractivity (Wildman–Crippen MR) is 106 cm³/mol.